The van der Waals surface area contributed by atoms with Crippen molar-refractivity contribution in [1.82, 2.24) is 0 Å². The maximum absolute atomic E-state index is 4.60. The van der Waals surface area contributed by atoms with Crippen LogP contribution in [-0.2, 0) is 0 Å². The molecule has 0 N–H and O–H groups in total. The first kappa shape index (κ1) is 18.4. The van der Waals surface area contributed by atoms with Gasteiger partial charge in [0, 0.05) is 8.07 Å². The van der Waals surface area contributed by atoms with Gasteiger partial charge in [0.1, 0.15) is 0 Å². The zero-order chi connectivity index (χ0) is 14.2. The van der Waals surface area contributed by atoms with Gasteiger partial charge in [-0.15, -0.1) is 0 Å². The number of unbranched alkanes of at least 4 members (excludes halogenated alkanes) is 2. The van der Waals surface area contributed by atoms with Crippen LogP contribution in [0.3, 0.4) is 0 Å². The van der Waals surface area contributed by atoms with Crippen molar-refractivity contribution in [3.63, 3.8) is 0 Å². The van der Waals surface area contributed by atoms with E-state index < -0.39 is 16.1 Å². The van der Waals surface area contributed by atoms with E-state index in [2.05, 4.69) is 47.0 Å². The lowest BCUT2D eigenvalue weighted by atomic mass is 10.3. The van der Waals surface area contributed by atoms with Crippen LogP contribution in [0.15, 0.2) is 0 Å². The molecule has 0 aliphatic heterocycles. The van der Waals surface area contributed by atoms with E-state index in [0.29, 0.717) is 0 Å². The summed E-state index contributed by atoms with van der Waals surface area (Å²) in [4.78, 5) is 0. The third kappa shape index (κ3) is 7.78. The van der Waals surface area contributed by atoms with Crippen LogP contribution in [0, 0.1) is 6.92 Å². The first-order chi connectivity index (χ1) is 8.25. The van der Waals surface area contributed by atoms with Gasteiger partial charge in [-0.2, -0.15) is 0 Å². The molecule has 18 heavy (non-hydrogen) atoms. The Balaban J connectivity index is 4.42. The van der Waals surface area contributed by atoms with Gasteiger partial charge in [-0.25, -0.2) is 0 Å². The standard InChI is InChI=1S/C16H37Si2/c1-8-10-13-18(7,14-11-9-2)16(3)12-15-17(4,5)6/h16H,3,8-15H2,1-2,4-7H3. The normalized spacial score (nSPS) is 14.8. The summed E-state index contributed by atoms with van der Waals surface area (Å²) in [5.74, 6) is 0. The highest BCUT2D eigenvalue weighted by Gasteiger charge is 2.32. The van der Waals surface area contributed by atoms with E-state index in [4.69, 9.17) is 0 Å². The molecule has 0 saturated carbocycles. The number of hydrogen-bond acceptors (Lipinski definition) is 0. The van der Waals surface area contributed by atoms with E-state index >= 15 is 0 Å². The van der Waals surface area contributed by atoms with E-state index in [1.807, 2.05) is 0 Å². The summed E-state index contributed by atoms with van der Waals surface area (Å²) in [7, 11) is -1.96. The average molecular weight is 286 g/mol. The minimum Gasteiger partial charge on any atom is -0.0695 e. The largest absolute Gasteiger partial charge is 0.0695 e. The maximum atomic E-state index is 4.60. The van der Waals surface area contributed by atoms with E-state index in [-0.39, 0.29) is 0 Å². The Bertz CT molecular complexity index is 198. The predicted molar refractivity (Wildman–Crippen MR) is 92.9 cm³/mol. The molecule has 0 aromatic rings. The fourth-order valence-corrected chi connectivity index (χ4v) is 8.38. The molecule has 0 fully saturated rings. The Labute approximate surface area is 119 Å². The van der Waals surface area contributed by atoms with Gasteiger partial charge in [-0.1, -0.05) is 97.2 Å². The summed E-state index contributed by atoms with van der Waals surface area (Å²) in [6.07, 6.45) is 6.99. The highest BCUT2D eigenvalue weighted by atomic mass is 28.3. The number of hydrogen-bond donors (Lipinski definition) is 0. The Hall–Kier alpha value is 0.434. The first-order valence-electron chi connectivity index (χ1n) is 8.08. The van der Waals surface area contributed by atoms with Crippen molar-refractivity contribution in [1.29, 1.82) is 0 Å². The fourth-order valence-electron chi connectivity index (χ4n) is 2.65. The van der Waals surface area contributed by atoms with Gasteiger partial charge in [0.25, 0.3) is 0 Å². The first-order valence-corrected chi connectivity index (χ1v) is 14.8. The summed E-state index contributed by atoms with van der Waals surface area (Å²) < 4.78 is 0. The summed E-state index contributed by atoms with van der Waals surface area (Å²) in [5, 5.41) is 0. The van der Waals surface area contributed by atoms with Gasteiger partial charge in [-0.05, 0) is 5.54 Å². The summed E-state index contributed by atoms with van der Waals surface area (Å²) in [6, 6.07) is 4.51. The smallest absolute Gasteiger partial charge is 0.0535 e. The fraction of sp³-hybridized carbons (Fsp3) is 0.938. The third-order valence-electron chi connectivity index (χ3n) is 4.43. The van der Waals surface area contributed by atoms with Crippen molar-refractivity contribution >= 4 is 16.1 Å². The minimum absolute atomic E-state index is 0.794. The SMILES string of the molecule is [CH2]C(CC[Si](C)(C)C)[Si](C)(CCCC)CCCC. The van der Waals surface area contributed by atoms with Gasteiger partial charge < -0.3 is 0 Å². The van der Waals surface area contributed by atoms with Crippen molar-refractivity contribution < 1.29 is 0 Å². The second-order valence-electron chi connectivity index (χ2n) is 7.66. The Morgan fingerprint density at radius 2 is 1.28 bits per heavy atom. The van der Waals surface area contributed by atoms with E-state index in [9.17, 15) is 0 Å². The molecule has 0 heterocycles. The second kappa shape index (κ2) is 8.57. The molecule has 0 saturated heterocycles. The van der Waals surface area contributed by atoms with Crippen LogP contribution < -0.4 is 0 Å². The molecule has 0 bridgehead atoms. The molecule has 0 nitrogen and oxygen atoms in total. The van der Waals surface area contributed by atoms with Gasteiger partial charge in [-0.3, -0.25) is 0 Å². The van der Waals surface area contributed by atoms with Crippen LogP contribution in [0.4, 0.5) is 0 Å². The zero-order valence-corrected chi connectivity index (χ0v) is 15.9. The minimum atomic E-state index is -1.08. The van der Waals surface area contributed by atoms with Gasteiger partial charge in [0.05, 0.1) is 8.07 Å². The molecule has 0 aromatic heterocycles. The van der Waals surface area contributed by atoms with Crippen molar-refractivity contribution in [3.05, 3.63) is 6.92 Å². The van der Waals surface area contributed by atoms with Gasteiger partial charge in [0.15, 0.2) is 0 Å². The molecule has 0 aromatic carbocycles. The summed E-state index contributed by atoms with van der Waals surface area (Å²) in [5.41, 5.74) is 0.794. The molecule has 2 heteroatoms. The molecular weight excluding hydrogens is 248 g/mol. The summed E-state index contributed by atoms with van der Waals surface area (Å²) in [6.45, 7) is 19.4. The van der Waals surface area contributed by atoms with Crippen LogP contribution in [0.2, 0.25) is 49.9 Å². The average Bonchev–Trinajstić information content (AvgIpc) is 2.29. The van der Waals surface area contributed by atoms with E-state index in [0.717, 1.165) is 5.54 Å². The lowest BCUT2D eigenvalue weighted by Crippen LogP contribution is -2.36. The quantitative estimate of drug-likeness (QED) is 0.397. The van der Waals surface area contributed by atoms with Gasteiger partial charge >= 0.3 is 0 Å². The molecular formula is C16H37Si2. The molecule has 0 amide bonds. The van der Waals surface area contributed by atoms with Crippen molar-refractivity contribution in [2.45, 2.75) is 95.8 Å². The Morgan fingerprint density at radius 3 is 1.61 bits per heavy atom. The maximum Gasteiger partial charge on any atom is 0.0535 e. The molecule has 0 aliphatic rings. The molecule has 1 radical (unpaired) electrons. The monoisotopic (exact) mass is 285 g/mol. The molecule has 1 unspecified atom stereocenters. The second-order valence-corrected chi connectivity index (χ2v) is 18.4. The van der Waals surface area contributed by atoms with E-state index in [1.165, 1.54) is 50.2 Å². The van der Waals surface area contributed by atoms with Crippen LogP contribution in [0.25, 0.3) is 0 Å². The Morgan fingerprint density at radius 1 is 0.833 bits per heavy atom. The van der Waals surface area contributed by atoms with Gasteiger partial charge in [0.2, 0.25) is 0 Å². The highest BCUT2D eigenvalue weighted by Crippen LogP contribution is 2.37. The van der Waals surface area contributed by atoms with Crippen molar-refractivity contribution in [3.8, 4) is 0 Å². The zero-order valence-electron chi connectivity index (χ0n) is 13.9. The van der Waals surface area contributed by atoms with Crippen LogP contribution in [0.1, 0.15) is 46.0 Å². The highest BCUT2D eigenvalue weighted by molar-refractivity contribution is 6.80. The Kier molecular flexibility index (Phi) is 8.78. The van der Waals surface area contributed by atoms with Crippen LogP contribution in [0.5, 0.6) is 0 Å². The molecule has 109 valence electrons. The van der Waals surface area contributed by atoms with Crippen LogP contribution in [-0.4, -0.2) is 16.1 Å². The van der Waals surface area contributed by atoms with Crippen molar-refractivity contribution in [2.75, 3.05) is 0 Å². The molecule has 0 spiro atoms. The van der Waals surface area contributed by atoms with E-state index in [1.54, 1.807) is 0 Å². The lowest BCUT2D eigenvalue weighted by Gasteiger charge is -2.35. The molecule has 0 rings (SSSR count). The summed E-state index contributed by atoms with van der Waals surface area (Å²) >= 11 is 0. The predicted octanol–water partition coefficient (Wildman–Crippen LogP) is 6.60. The van der Waals surface area contributed by atoms with Crippen molar-refractivity contribution in [2.24, 2.45) is 0 Å². The topological polar surface area (TPSA) is 0 Å². The molecule has 1 atom stereocenters. The number of rotatable bonds is 10. The van der Waals surface area contributed by atoms with Crippen LogP contribution >= 0.6 is 0 Å². The lowest BCUT2D eigenvalue weighted by molar-refractivity contribution is 0.784. The third-order valence-corrected chi connectivity index (χ3v) is 11.5. The molecule has 0 aliphatic carbocycles.